The van der Waals surface area contributed by atoms with Crippen LogP contribution in [0.2, 0.25) is 0 Å². The number of pyridine rings is 1. The molecule has 0 bridgehead atoms. The normalized spacial score (nSPS) is 13.0. The second-order valence-electron chi connectivity index (χ2n) is 20.0. The van der Waals surface area contributed by atoms with Crippen LogP contribution in [0.1, 0.15) is 26.3 Å². The van der Waals surface area contributed by atoms with Gasteiger partial charge in [-0.3, -0.25) is 4.40 Å². The molecule has 0 radical (unpaired) electrons. The smallest absolute Gasteiger partial charge is 0.146 e. The van der Waals surface area contributed by atoms with Crippen molar-refractivity contribution in [3.05, 3.63) is 218 Å². The van der Waals surface area contributed by atoms with E-state index in [-0.39, 0.29) is 5.41 Å². The highest BCUT2D eigenvalue weighted by molar-refractivity contribution is 6.27. The van der Waals surface area contributed by atoms with Crippen LogP contribution in [0.5, 0.6) is 0 Å². The predicted molar refractivity (Wildman–Crippen MR) is 295 cm³/mol. The van der Waals surface area contributed by atoms with Crippen molar-refractivity contribution in [2.45, 2.75) is 26.2 Å². The molecule has 330 valence electrons. The molecule has 0 N–H and O–H groups in total. The Bertz CT molecular complexity index is 4550. The van der Waals surface area contributed by atoms with E-state index < -0.39 is 0 Å². The Balaban J connectivity index is 1.01. The van der Waals surface area contributed by atoms with E-state index in [9.17, 15) is 0 Å². The first-order valence-electron chi connectivity index (χ1n) is 24.2. The van der Waals surface area contributed by atoms with Crippen molar-refractivity contribution in [3.63, 3.8) is 0 Å². The summed E-state index contributed by atoms with van der Waals surface area (Å²) < 4.78 is 8.73. The fourth-order valence-electron chi connectivity index (χ4n) is 11.6. The fourth-order valence-corrected chi connectivity index (χ4v) is 11.6. The van der Waals surface area contributed by atoms with Crippen LogP contribution in [0, 0.1) is 0 Å². The standard InChI is InChI=1S/C65H44N4O/c1-65(2,3)41-28-31-46-51(35-41)44-17-4-5-18-45(44)53-37-61-60(38-54(46)53)67(42-16-14-15-39(33-42)40-27-30-49-48-20-7-13-26-62(48)70-63(49)34-40)58-24-11-12-25-59(58)68(61)43-29-32-50-52(36-43)47-19-6-9-22-56(47)69-57-23-10-8-21-55(57)66-64(50)69/h4-38H,1-3H3. The molecule has 0 fully saturated rings. The molecule has 1 aliphatic heterocycles. The molecule has 15 rings (SSSR count). The van der Waals surface area contributed by atoms with Crippen molar-refractivity contribution in [1.29, 1.82) is 0 Å². The summed E-state index contributed by atoms with van der Waals surface area (Å²) in [5, 5.41) is 13.2. The fraction of sp³-hybridized carbons (Fsp3) is 0.0615. The van der Waals surface area contributed by atoms with Crippen molar-refractivity contribution in [1.82, 2.24) is 9.38 Å². The number of rotatable bonds is 3. The van der Waals surface area contributed by atoms with E-state index in [1.807, 2.05) is 12.1 Å². The lowest BCUT2D eigenvalue weighted by Gasteiger charge is -2.41. The minimum Gasteiger partial charge on any atom is -0.456 e. The Hall–Kier alpha value is -8.93. The number of furan rings is 1. The van der Waals surface area contributed by atoms with Gasteiger partial charge in [-0.1, -0.05) is 136 Å². The Labute approximate surface area is 403 Å². The zero-order valence-electron chi connectivity index (χ0n) is 38.9. The molecule has 0 spiro atoms. The monoisotopic (exact) mass is 896 g/mol. The molecule has 0 amide bonds. The summed E-state index contributed by atoms with van der Waals surface area (Å²) in [6.07, 6.45) is 0. The lowest BCUT2D eigenvalue weighted by molar-refractivity contribution is 0.591. The van der Waals surface area contributed by atoms with E-state index in [0.29, 0.717) is 0 Å². The van der Waals surface area contributed by atoms with Crippen LogP contribution in [-0.2, 0) is 5.41 Å². The van der Waals surface area contributed by atoms with E-state index >= 15 is 0 Å². The van der Waals surface area contributed by atoms with Crippen LogP contribution >= 0.6 is 0 Å². The van der Waals surface area contributed by atoms with E-state index in [4.69, 9.17) is 9.40 Å². The predicted octanol–water partition coefficient (Wildman–Crippen LogP) is 18.4. The van der Waals surface area contributed by atoms with E-state index in [1.54, 1.807) is 0 Å². The van der Waals surface area contributed by atoms with Crippen LogP contribution < -0.4 is 9.80 Å². The Kier molecular flexibility index (Phi) is 7.99. The summed E-state index contributed by atoms with van der Waals surface area (Å²) in [5.74, 6) is 0. The maximum atomic E-state index is 6.40. The zero-order chi connectivity index (χ0) is 46.4. The zero-order valence-corrected chi connectivity index (χ0v) is 38.9. The largest absolute Gasteiger partial charge is 0.456 e. The lowest BCUT2D eigenvalue weighted by Crippen LogP contribution is -2.24. The van der Waals surface area contributed by atoms with Crippen molar-refractivity contribution in [2.75, 3.05) is 9.80 Å². The topological polar surface area (TPSA) is 36.9 Å². The first-order valence-corrected chi connectivity index (χ1v) is 24.2. The molecular weight excluding hydrogens is 853 g/mol. The number of hydrogen-bond donors (Lipinski definition) is 0. The molecule has 1 aliphatic rings. The average molecular weight is 897 g/mol. The number of nitrogens with zero attached hydrogens (tertiary/aromatic N) is 4. The van der Waals surface area contributed by atoms with Crippen molar-refractivity contribution in [3.8, 4) is 11.1 Å². The van der Waals surface area contributed by atoms with Gasteiger partial charge in [-0.15, -0.1) is 0 Å². The molecule has 5 nitrogen and oxygen atoms in total. The van der Waals surface area contributed by atoms with Crippen molar-refractivity contribution in [2.24, 2.45) is 0 Å². The van der Waals surface area contributed by atoms with Crippen molar-refractivity contribution >= 4 is 127 Å². The molecule has 70 heavy (non-hydrogen) atoms. The number of fused-ring (bicyclic) bond motifs is 19. The number of para-hydroxylation sites is 6. The molecular formula is C65H44N4O. The maximum absolute atomic E-state index is 6.40. The number of benzene rings is 11. The van der Waals surface area contributed by atoms with Crippen LogP contribution in [0.15, 0.2) is 217 Å². The first-order chi connectivity index (χ1) is 34.3. The Morgan fingerprint density at radius 1 is 0.357 bits per heavy atom. The second-order valence-corrected chi connectivity index (χ2v) is 20.0. The molecule has 14 aromatic rings. The van der Waals surface area contributed by atoms with Gasteiger partial charge in [0.25, 0.3) is 0 Å². The molecule has 0 atom stereocenters. The van der Waals surface area contributed by atoms with Gasteiger partial charge in [-0.25, -0.2) is 4.98 Å². The quantitative estimate of drug-likeness (QED) is 0.166. The van der Waals surface area contributed by atoms with Gasteiger partial charge in [0, 0.05) is 32.9 Å². The molecule has 0 unspecified atom stereocenters. The minimum absolute atomic E-state index is 0.00307. The van der Waals surface area contributed by atoms with Gasteiger partial charge in [0.15, 0.2) is 0 Å². The molecule has 0 saturated heterocycles. The molecule has 11 aromatic carbocycles. The highest BCUT2D eigenvalue weighted by atomic mass is 16.3. The number of aromatic nitrogens is 2. The lowest BCUT2D eigenvalue weighted by atomic mass is 9.84. The Morgan fingerprint density at radius 2 is 0.914 bits per heavy atom. The third-order valence-corrected chi connectivity index (χ3v) is 15.0. The molecule has 4 heterocycles. The third-order valence-electron chi connectivity index (χ3n) is 15.0. The van der Waals surface area contributed by atoms with Gasteiger partial charge in [-0.05, 0) is 157 Å². The number of anilines is 6. The van der Waals surface area contributed by atoms with Crippen LogP contribution in [0.3, 0.4) is 0 Å². The molecule has 0 saturated carbocycles. The summed E-state index contributed by atoms with van der Waals surface area (Å²) in [7, 11) is 0. The summed E-state index contributed by atoms with van der Waals surface area (Å²) in [4.78, 5) is 10.2. The highest BCUT2D eigenvalue weighted by Gasteiger charge is 2.32. The molecule has 5 heteroatoms. The van der Waals surface area contributed by atoms with Gasteiger partial charge in [-0.2, -0.15) is 0 Å². The number of imidazole rings is 1. The number of hydrogen-bond acceptors (Lipinski definition) is 4. The summed E-state index contributed by atoms with van der Waals surface area (Å²) in [6.45, 7) is 6.90. The average Bonchev–Trinajstić information content (AvgIpc) is 3.98. The van der Waals surface area contributed by atoms with Crippen molar-refractivity contribution < 1.29 is 4.42 Å². The van der Waals surface area contributed by atoms with Crippen LogP contribution in [0.4, 0.5) is 34.1 Å². The highest BCUT2D eigenvalue weighted by Crippen LogP contribution is 2.57. The van der Waals surface area contributed by atoms with Gasteiger partial charge >= 0.3 is 0 Å². The third kappa shape index (κ3) is 5.57. The second kappa shape index (κ2) is 14.3. The molecule has 3 aromatic heterocycles. The SMILES string of the molecule is CC(C)(C)c1ccc2c(c1)c1ccccc1c1cc3c(cc21)N(c1cccc(-c2ccc4c(c2)oc2ccccc24)c1)c1ccccc1N3c1ccc2c(c1)c1ccccc1n1c3ccccc3nc21. The maximum Gasteiger partial charge on any atom is 0.146 e. The van der Waals surface area contributed by atoms with E-state index in [2.05, 4.69) is 235 Å². The Morgan fingerprint density at radius 3 is 1.67 bits per heavy atom. The summed E-state index contributed by atoms with van der Waals surface area (Å²) in [6, 6.07) is 77.9. The van der Waals surface area contributed by atoms with E-state index in [0.717, 1.165) is 94.8 Å². The van der Waals surface area contributed by atoms with Gasteiger partial charge in [0.1, 0.15) is 16.8 Å². The summed E-state index contributed by atoms with van der Waals surface area (Å²) >= 11 is 0. The first kappa shape index (κ1) is 39.1. The van der Waals surface area contributed by atoms with Gasteiger partial charge in [0.05, 0.1) is 39.3 Å². The van der Waals surface area contributed by atoms with Gasteiger partial charge < -0.3 is 14.2 Å². The van der Waals surface area contributed by atoms with Gasteiger partial charge in [0.2, 0.25) is 0 Å². The summed E-state index contributed by atoms with van der Waals surface area (Å²) in [5.41, 5.74) is 16.1. The molecule has 0 aliphatic carbocycles. The van der Waals surface area contributed by atoms with Crippen LogP contribution in [0.25, 0.3) is 104 Å². The van der Waals surface area contributed by atoms with Crippen LogP contribution in [-0.4, -0.2) is 9.38 Å². The van der Waals surface area contributed by atoms with E-state index in [1.165, 1.54) is 48.7 Å². The minimum atomic E-state index is 0.00307.